The van der Waals surface area contributed by atoms with Gasteiger partial charge in [-0.25, -0.2) is 15.6 Å². The maximum atomic E-state index is 10.6. The van der Waals surface area contributed by atoms with Gasteiger partial charge in [0.05, 0.1) is 12.2 Å². The van der Waals surface area contributed by atoms with Gasteiger partial charge >= 0.3 is 0 Å². The second kappa shape index (κ2) is 12.1. The lowest BCUT2D eigenvalue weighted by Crippen LogP contribution is -2.36. The monoisotopic (exact) mass is 402 g/mol. The number of aryl methyl sites for hydroxylation is 2. The molecule has 0 bridgehead atoms. The molecule has 0 atom stereocenters. The third kappa shape index (κ3) is 8.43. The van der Waals surface area contributed by atoms with Gasteiger partial charge in [0.25, 0.3) is 5.91 Å². The predicted octanol–water partition coefficient (Wildman–Crippen LogP) is 0.704. The first-order valence-electron chi connectivity index (χ1n) is 9.21. The van der Waals surface area contributed by atoms with Gasteiger partial charge in [0.15, 0.2) is 0 Å². The molecule has 0 spiro atoms. The highest BCUT2D eigenvalue weighted by Gasteiger charge is 2.08. The van der Waals surface area contributed by atoms with E-state index in [0.717, 1.165) is 48.0 Å². The molecule has 6 N–H and O–H groups in total. The Morgan fingerprint density at radius 1 is 1.28 bits per heavy atom. The molecular weight excluding hydrogens is 372 g/mol. The van der Waals surface area contributed by atoms with Crippen LogP contribution in [0.25, 0.3) is 0 Å². The lowest BCUT2D eigenvalue weighted by atomic mass is 10.2. The number of nitrogens with two attached hydrogens (primary N) is 3. The van der Waals surface area contributed by atoms with Gasteiger partial charge in [-0.1, -0.05) is 43.7 Å². The van der Waals surface area contributed by atoms with Crippen LogP contribution in [0.1, 0.15) is 31.0 Å². The van der Waals surface area contributed by atoms with E-state index in [2.05, 4.69) is 17.1 Å². The van der Waals surface area contributed by atoms with E-state index < -0.39 is 5.91 Å². The molecule has 1 aromatic heterocycles. The molecule has 0 saturated carbocycles. The Hall–Kier alpha value is -3.40. The van der Waals surface area contributed by atoms with Gasteiger partial charge in [-0.2, -0.15) is 5.10 Å². The summed E-state index contributed by atoms with van der Waals surface area (Å²) in [5.74, 6) is 5.26. The summed E-state index contributed by atoms with van der Waals surface area (Å²) in [5.41, 5.74) is 12.0. The fraction of sp³-hybridized carbons (Fsp3) is 0.368. The van der Waals surface area contributed by atoms with Gasteiger partial charge < -0.3 is 16.4 Å². The zero-order valence-corrected chi connectivity index (χ0v) is 17.2. The first-order valence-corrected chi connectivity index (χ1v) is 9.21. The van der Waals surface area contributed by atoms with Crippen molar-refractivity contribution in [3.63, 3.8) is 0 Å². The molecule has 0 aliphatic carbocycles. The fourth-order valence-corrected chi connectivity index (χ4v) is 2.34. The number of rotatable bonds is 8. The molecule has 0 unspecified atom stereocenters. The molecule has 0 aliphatic heterocycles. The second-order valence-electron chi connectivity index (χ2n) is 6.37. The van der Waals surface area contributed by atoms with Gasteiger partial charge in [0.2, 0.25) is 12.2 Å². The number of amidine groups is 1. The molecule has 10 nitrogen and oxygen atoms in total. The first-order chi connectivity index (χ1) is 13.8. The van der Waals surface area contributed by atoms with Crippen LogP contribution in [0, 0.1) is 6.92 Å². The normalized spacial score (nSPS) is 10.7. The number of hydrazone groups is 1. The van der Waals surface area contributed by atoms with Gasteiger partial charge in [0, 0.05) is 19.7 Å². The Balaban J connectivity index is 0.000000291. The van der Waals surface area contributed by atoms with E-state index in [0.29, 0.717) is 6.54 Å². The first kappa shape index (κ1) is 23.6. The van der Waals surface area contributed by atoms with E-state index in [4.69, 9.17) is 17.3 Å². The van der Waals surface area contributed by atoms with Crippen molar-refractivity contribution in [2.45, 2.75) is 39.8 Å². The lowest BCUT2D eigenvalue weighted by Gasteiger charge is -2.12. The molecule has 10 heteroatoms. The molecule has 2 aromatic rings. The van der Waals surface area contributed by atoms with Crippen LogP contribution < -0.4 is 22.2 Å². The zero-order valence-electron chi connectivity index (χ0n) is 17.2. The highest BCUT2D eigenvalue weighted by Crippen LogP contribution is 2.14. The topological polar surface area (TPSA) is 149 Å². The summed E-state index contributed by atoms with van der Waals surface area (Å²) in [6.07, 6.45) is 3.02. The molecular formula is C19H30N8O2. The molecule has 1 aromatic carbocycles. The highest BCUT2D eigenvalue weighted by atomic mass is 16.1. The average molecular weight is 403 g/mol. The number of unbranched alkanes of at least 4 members (excludes halogenated alkanes) is 1. The Morgan fingerprint density at radius 3 is 2.48 bits per heavy atom. The molecule has 29 heavy (non-hydrogen) atoms. The van der Waals surface area contributed by atoms with Crippen LogP contribution in [0.2, 0.25) is 0 Å². The number of aromatic nitrogens is 2. The van der Waals surface area contributed by atoms with Crippen molar-refractivity contribution in [3.05, 3.63) is 47.7 Å². The molecule has 1 heterocycles. The standard InChI is InChI=1S/C10H17N3O.C9H13N5O/c1-4-5-6-13-10(12(3)8-14)7-9(2)11-13;10-8(9(11)15)13-14(12)6-7-4-2-1-3-5-7/h7-8H,4-6H2,1-3H3;1-5H,6,12H2,(H2,10,13)(H2,11,15). The Morgan fingerprint density at radius 2 is 1.93 bits per heavy atom. The molecule has 0 fully saturated rings. The van der Waals surface area contributed by atoms with Crippen molar-refractivity contribution < 1.29 is 9.59 Å². The fourth-order valence-electron chi connectivity index (χ4n) is 2.34. The van der Waals surface area contributed by atoms with Crippen LogP contribution in [-0.2, 0) is 22.7 Å². The molecule has 2 amide bonds. The number of benzene rings is 1. The number of hydrazine groups is 1. The number of anilines is 1. The lowest BCUT2D eigenvalue weighted by molar-refractivity contribution is -0.112. The van der Waals surface area contributed by atoms with E-state index in [9.17, 15) is 9.59 Å². The smallest absolute Gasteiger partial charge is 0.285 e. The third-order valence-electron chi connectivity index (χ3n) is 3.80. The molecule has 0 radical (unpaired) electrons. The third-order valence-corrected chi connectivity index (χ3v) is 3.80. The number of carbonyl (C=O) groups excluding carboxylic acids is 2. The summed E-state index contributed by atoms with van der Waals surface area (Å²) in [5, 5.41) is 9.00. The Kier molecular flexibility index (Phi) is 9.89. The number of hydrogen-bond donors (Lipinski definition) is 3. The maximum absolute atomic E-state index is 10.6. The number of nitrogens with zero attached hydrogens (tertiary/aromatic N) is 5. The van der Waals surface area contributed by atoms with Crippen LogP contribution in [0.4, 0.5) is 5.82 Å². The molecule has 0 aliphatic rings. The van der Waals surface area contributed by atoms with E-state index in [1.54, 1.807) is 11.9 Å². The SMILES string of the molecule is CCCCn1nc(C)cc1N(C)C=O.NC(=O)/C(N)=N/N(N)Cc1ccccc1. The van der Waals surface area contributed by atoms with Crippen LogP contribution in [0.15, 0.2) is 41.5 Å². The van der Waals surface area contributed by atoms with Crippen molar-refractivity contribution in [3.8, 4) is 0 Å². The number of carbonyl (C=O) groups is 2. The van der Waals surface area contributed by atoms with Crippen molar-refractivity contribution in [1.29, 1.82) is 0 Å². The largest absolute Gasteiger partial charge is 0.378 e. The van der Waals surface area contributed by atoms with E-state index >= 15 is 0 Å². The summed E-state index contributed by atoms with van der Waals surface area (Å²) in [7, 11) is 1.74. The Labute approximate surface area is 170 Å². The Bertz CT molecular complexity index is 804. The number of amides is 2. The predicted molar refractivity (Wildman–Crippen MR) is 113 cm³/mol. The van der Waals surface area contributed by atoms with Crippen molar-refractivity contribution in [2.24, 2.45) is 22.4 Å². The van der Waals surface area contributed by atoms with Gasteiger partial charge in [-0.05, 0) is 18.9 Å². The maximum Gasteiger partial charge on any atom is 0.285 e. The van der Waals surface area contributed by atoms with Gasteiger partial charge in [-0.15, -0.1) is 5.10 Å². The molecule has 158 valence electrons. The minimum atomic E-state index is -0.793. The molecule has 2 rings (SSSR count). The quantitative estimate of drug-likeness (QED) is 0.195. The number of primary amides is 1. The van der Waals surface area contributed by atoms with Crippen LogP contribution in [-0.4, -0.2) is 40.1 Å². The zero-order chi connectivity index (χ0) is 21.8. The summed E-state index contributed by atoms with van der Waals surface area (Å²) in [6.45, 7) is 5.30. The minimum absolute atomic E-state index is 0.312. The van der Waals surface area contributed by atoms with Crippen LogP contribution in [0.3, 0.4) is 0 Å². The summed E-state index contributed by atoms with van der Waals surface area (Å²) < 4.78 is 1.88. The van der Waals surface area contributed by atoms with Crippen LogP contribution >= 0.6 is 0 Å². The molecule has 0 saturated heterocycles. The van der Waals surface area contributed by atoms with Gasteiger partial charge in [-0.3, -0.25) is 9.59 Å². The summed E-state index contributed by atoms with van der Waals surface area (Å²) in [6, 6.07) is 11.3. The average Bonchev–Trinajstić information content (AvgIpc) is 3.07. The summed E-state index contributed by atoms with van der Waals surface area (Å²) >= 11 is 0. The summed E-state index contributed by atoms with van der Waals surface area (Å²) in [4.78, 5) is 22.7. The highest BCUT2D eigenvalue weighted by molar-refractivity contribution is 6.36. The van der Waals surface area contributed by atoms with E-state index in [1.807, 2.05) is 48.0 Å². The van der Waals surface area contributed by atoms with Gasteiger partial charge in [0.1, 0.15) is 5.82 Å². The van der Waals surface area contributed by atoms with Crippen molar-refractivity contribution in [2.75, 3.05) is 11.9 Å². The van der Waals surface area contributed by atoms with E-state index in [1.165, 1.54) is 0 Å². The second-order valence-corrected chi connectivity index (χ2v) is 6.37. The minimum Gasteiger partial charge on any atom is -0.378 e. The number of hydrogen-bond acceptors (Lipinski definition) is 6. The van der Waals surface area contributed by atoms with Crippen LogP contribution in [0.5, 0.6) is 0 Å². The van der Waals surface area contributed by atoms with Crippen molar-refractivity contribution in [1.82, 2.24) is 14.9 Å². The van der Waals surface area contributed by atoms with Crippen molar-refractivity contribution >= 4 is 24.0 Å². The van der Waals surface area contributed by atoms with E-state index in [-0.39, 0.29) is 5.84 Å².